The number of halogens is 2. The van der Waals surface area contributed by atoms with Gasteiger partial charge in [-0.3, -0.25) is 4.79 Å². The summed E-state index contributed by atoms with van der Waals surface area (Å²) in [4.78, 5) is 17.2. The second-order valence-corrected chi connectivity index (χ2v) is 9.77. The average Bonchev–Trinajstić information content (AvgIpc) is 3.02. The summed E-state index contributed by atoms with van der Waals surface area (Å²) < 4.78 is 23.9. The van der Waals surface area contributed by atoms with Gasteiger partial charge in [-0.15, -0.1) is 0 Å². The Morgan fingerprint density at radius 3 is 2.34 bits per heavy atom. The fourth-order valence-electron chi connectivity index (χ4n) is 2.48. The maximum absolute atomic E-state index is 12.8. The van der Waals surface area contributed by atoms with E-state index in [1.807, 2.05) is 0 Å². The number of benzene rings is 2. The van der Waals surface area contributed by atoms with Gasteiger partial charge in [0, 0.05) is 5.69 Å². The molecular formula is C18H15Cl2N3O4S2. The van der Waals surface area contributed by atoms with Crippen LogP contribution >= 0.6 is 34.5 Å². The number of hydrogen-bond donors (Lipinski definition) is 3. The molecule has 152 valence electrons. The molecule has 7 nitrogen and oxygen atoms in total. The van der Waals surface area contributed by atoms with Crippen LogP contribution in [-0.4, -0.2) is 36.7 Å². The van der Waals surface area contributed by atoms with E-state index in [9.17, 15) is 13.2 Å². The topological polar surface area (TPSA) is 122 Å². The van der Waals surface area contributed by atoms with Gasteiger partial charge in [-0.1, -0.05) is 40.6 Å². The molecule has 0 aliphatic carbocycles. The fourth-order valence-corrected chi connectivity index (χ4v) is 4.93. The van der Waals surface area contributed by atoms with E-state index in [2.05, 4.69) is 10.3 Å². The summed E-state index contributed by atoms with van der Waals surface area (Å²) in [6.07, 6.45) is 0. The molecule has 3 aromatic rings. The summed E-state index contributed by atoms with van der Waals surface area (Å²) >= 11 is 13.2. The summed E-state index contributed by atoms with van der Waals surface area (Å²) in [5.74, 6) is -0.756. The predicted octanol–water partition coefficient (Wildman–Crippen LogP) is 3.77. The lowest BCUT2D eigenvalue weighted by Crippen LogP contribution is -2.09. The van der Waals surface area contributed by atoms with Gasteiger partial charge < -0.3 is 16.2 Å². The minimum atomic E-state index is -3.53. The van der Waals surface area contributed by atoms with Crippen molar-refractivity contribution < 1.29 is 18.3 Å². The van der Waals surface area contributed by atoms with E-state index in [-0.39, 0.29) is 37.0 Å². The van der Waals surface area contributed by atoms with Crippen LogP contribution in [-0.2, 0) is 9.84 Å². The lowest BCUT2D eigenvalue weighted by molar-refractivity contribution is 0.104. The SMILES string of the molecule is Nc1nc(Nc2ccc(S(=O)(=O)CCO)cc2)sc1C(=O)c1c(Cl)cccc1Cl. The van der Waals surface area contributed by atoms with Crippen molar-refractivity contribution in [2.24, 2.45) is 0 Å². The smallest absolute Gasteiger partial charge is 0.209 e. The van der Waals surface area contributed by atoms with E-state index in [0.29, 0.717) is 10.8 Å². The summed E-state index contributed by atoms with van der Waals surface area (Å²) in [5, 5.41) is 12.6. The molecule has 1 heterocycles. The third-order valence-corrected chi connectivity index (χ3v) is 7.20. The Morgan fingerprint density at radius 1 is 1.14 bits per heavy atom. The summed E-state index contributed by atoms with van der Waals surface area (Å²) in [7, 11) is -3.53. The van der Waals surface area contributed by atoms with E-state index in [1.54, 1.807) is 30.3 Å². The first-order chi connectivity index (χ1) is 13.7. The van der Waals surface area contributed by atoms with Gasteiger partial charge in [0.1, 0.15) is 10.7 Å². The molecule has 3 rings (SSSR count). The largest absolute Gasteiger partial charge is 0.395 e. The van der Waals surface area contributed by atoms with Gasteiger partial charge in [0.05, 0.1) is 32.9 Å². The number of sulfone groups is 1. The maximum atomic E-state index is 12.8. The first-order valence-electron chi connectivity index (χ1n) is 8.18. The highest BCUT2D eigenvalue weighted by molar-refractivity contribution is 7.91. The Morgan fingerprint density at radius 2 is 1.76 bits per heavy atom. The van der Waals surface area contributed by atoms with Crippen molar-refractivity contribution in [2.75, 3.05) is 23.4 Å². The Bertz CT molecular complexity index is 1140. The molecule has 1 aromatic heterocycles. The highest BCUT2D eigenvalue weighted by Crippen LogP contribution is 2.34. The van der Waals surface area contributed by atoms with Crippen LogP contribution in [0.1, 0.15) is 15.2 Å². The van der Waals surface area contributed by atoms with Crippen LogP contribution in [0.5, 0.6) is 0 Å². The van der Waals surface area contributed by atoms with Gasteiger partial charge in [0.2, 0.25) is 5.78 Å². The number of aromatic nitrogens is 1. The lowest BCUT2D eigenvalue weighted by atomic mass is 10.1. The van der Waals surface area contributed by atoms with Gasteiger partial charge in [-0.2, -0.15) is 0 Å². The number of aliphatic hydroxyl groups excluding tert-OH is 1. The Labute approximate surface area is 181 Å². The van der Waals surface area contributed by atoms with Crippen molar-refractivity contribution >= 4 is 66.8 Å². The van der Waals surface area contributed by atoms with E-state index >= 15 is 0 Å². The number of hydrogen-bond acceptors (Lipinski definition) is 8. The molecule has 0 saturated carbocycles. The van der Waals surface area contributed by atoms with Crippen LogP contribution in [0.15, 0.2) is 47.4 Å². The number of nitrogen functional groups attached to an aromatic ring is 1. The standard InChI is InChI=1S/C18H15Cl2N3O4S2/c19-12-2-1-3-13(20)14(12)15(25)16-17(21)23-18(28-16)22-10-4-6-11(7-5-10)29(26,27)9-8-24/h1-7,24H,8-9,21H2,(H,22,23). The van der Waals surface area contributed by atoms with Gasteiger partial charge in [-0.25, -0.2) is 13.4 Å². The van der Waals surface area contributed by atoms with Crippen molar-refractivity contribution in [2.45, 2.75) is 4.90 Å². The predicted molar refractivity (Wildman–Crippen MR) is 115 cm³/mol. The van der Waals surface area contributed by atoms with Gasteiger partial charge >= 0.3 is 0 Å². The number of carbonyl (C=O) groups excluding carboxylic acids is 1. The third kappa shape index (κ3) is 4.71. The quantitative estimate of drug-likeness (QED) is 0.448. The molecule has 0 amide bonds. The molecule has 0 radical (unpaired) electrons. The molecule has 0 fully saturated rings. The molecular weight excluding hydrogens is 457 g/mol. The van der Waals surface area contributed by atoms with Crippen LogP contribution in [0.25, 0.3) is 0 Å². The monoisotopic (exact) mass is 471 g/mol. The van der Waals surface area contributed by atoms with Crippen molar-refractivity contribution in [1.29, 1.82) is 0 Å². The zero-order valence-electron chi connectivity index (χ0n) is 14.7. The van der Waals surface area contributed by atoms with Crippen LogP contribution in [0.3, 0.4) is 0 Å². The number of anilines is 3. The van der Waals surface area contributed by atoms with E-state index < -0.39 is 22.2 Å². The number of rotatable bonds is 7. The van der Waals surface area contributed by atoms with E-state index in [4.69, 9.17) is 34.0 Å². The number of nitrogens with two attached hydrogens (primary N) is 1. The first-order valence-corrected chi connectivity index (χ1v) is 11.4. The molecule has 4 N–H and O–H groups in total. The molecule has 29 heavy (non-hydrogen) atoms. The van der Waals surface area contributed by atoms with Crippen molar-refractivity contribution in [3.05, 3.63) is 63.0 Å². The number of aliphatic hydroxyl groups is 1. The molecule has 0 saturated heterocycles. The minimum Gasteiger partial charge on any atom is -0.395 e. The number of nitrogens with zero attached hydrogens (tertiary/aromatic N) is 1. The summed E-state index contributed by atoms with van der Waals surface area (Å²) in [6, 6.07) is 10.7. The highest BCUT2D eigenvalue weighted by atomic mass is 35.5. The minimum absolute atomic E-state index is 0.0284. The zero-order chi connectivity index (χ0) is 21.2. The number of thiazole rings is 1. The lowest BCUT2D eigenvalue weighted by Gasteiger charge is -2.05. The van der Waals surface area contributed by atoms with Crippen LogP contribution in [0.4, 0.5) is 16.6 Å². The van der Waals surface area contributed by atoms with Gasteiger partial charge in [0.15, 0.2) is 15.0 Å². The number of nitrogens with one attached hydrogen (secondary N) is 1. The maximum Gasteiger partial charge on any atom is 0.209 e. The van der Waals surface area contributed by atoms with Crippen LogP contribution < -0.4 is 11.1 Å². The molecule has 2 aromatic carbocycles. The second-order valence-electron chi connectivity index (χ2n) is 5.85. The third-order valence-electron chi connectivity index (χ3n) is 3.87. The zero-order valence-corrected chi connectivity index (χ0v) is 17.9. The Hall–Kier alpha value is -2.17. The van der Waals surface area contributed by atoms with E-state index in [0.717, 1.165) is 11.3 Å². The van der Waals surface area contributed by atoms with E-state index in [1.165, 1.54) is 12.1 Å². The molecule has 0 atom stereocenters. The second kappa shape index (κ2) is 8.68. The summed E-state index contributed by atoms with van der Waals surface area (Å²) in [5.41, 5.74) is 6.60. The molecule has 0 spiro atoms. The molecule has 11 heteroatoms. The van der Waals surface area contributed by atoms with Crippen molar-refractivity contribution in [1.82, 2.24) is 4.98 Å². The summed E-state index contributed by atoms with van der Waals surface area (Å²) in [6.45, 7) is -0.451. The molecule has 0 bridgehead atoms. The van der Waals surface area contributed by atoms with Crippen LogP contribution in [0, 0.1) is 0 Å². The molecule has 0 aliphatic rings. The van der Waals surface area contributed by atoms with Gasteiger partial charge in [0.25, 0.3) is 0 Å². The molecule has 0 unspecified atom stereocenters. The number of carbonyl (C=O) groups is 1. The Kier molecular flexibility index (Phi) is 6.45. The van der Waals surface area contributed by atoms with Gasteiger partial charge in [-0.05, 0) is 36.4 Å². The first kappa shape index (κ1) is 21.5. The highest BCUT2D eigenvalue weighted by Gasteiger charge is 2.22. The van der Waals surface area contributed by atoms with Crippen molar-refractivity contribution in [3.63, 3.8) is 0 Å². The van der Waals surface area contributed by atoms with Crippen LogP contribution in [0.2, 0.25) is 10.0 Å². The molecule has 0 aliphatic heterocycles. The van der Waals surface area contributed by atoms with Crippen molar-refractivity contribution in [3.8, 4) is 0 Å². The fraction of sp³-hybridized carbons (Fsp3) is 0.111. The Balaban J connectivity index is 1.83. The average molecular weight is 472 g/mol. The number of ketones is 1. The normalized spacial score (nSPS) is 11.4.